The summed E-state index contributed by atoms with van der Waals surface area (Å²) in [5, 5.41) is 4.70. The highest BCUT2D eigenvalue weighted by molar-refractivity contribution is 8.00. The first-order valence-corrected chi connectivity index (χ1v) is 11.6. The third kappa shape index (κ3) is 4.55. The van der Waals surface area contributed by atoms with Gasteiger partial charge in [-0.25, -0.2) is 0 Å². The molecule has 1 unspecified atom stereocenters. The fraction of sp³-hybridized carbons (Fsp3) is 0.217. The van der Waals surface area contributed by atoms with Gasteiger partial charge in [-0.2, -0.15) is 0 Å². The summed E-state index contributed by atoms with van der Waals surface area (Å²) < 4.78 is 10.8. The van der Waals surface area contributed by atoms with Crippen LogP contribution in [0.3, 0.4) is 0 Å². The number of carbonyl (C=O) groups is 2. The van der Waals surface area contributed by atoms with Crippen LogP contribution in [0.2, 0.25) is 0 Å². The normalized spacial score (nSPS) is 15.7. The Morgan fingerprint density at radius 1 is 1.13 bits per heavy atom. The second-order valence-corrected chi connectivity index (χ2v) is 8.96. The van der Waals surface area contributed by atoms with E-state index in [1.807, 2.05) is 47.8 Å². The first-order chi connectivity index (χ1) is 15.1. The Morgan fingerprint density at radius 3 is 2.71 bits per heavy atom. The molecule has 1 aliphatic heterocycles. The van der Waals surface area contributed by atoms with Crippen molar-refractivity contribution in [2.75, 3.05) is 30.2 Å². The van der Waals surface area contributed by atoms with E-state index in [0.717, 1.165) is 10.4 Å². The van der Waals surface area contributed by atoms with E-state index in [1.54, 1.807) is 42.6 Å². The number of thiophene rings is 1. The topological polar surface area (TPSA) is 67.9 Å². The average Bonchev–Trinajstić information content (AvgIpc) is 3.43. The molecule has 0 bridgehead atoms. The van der Waals surface area contributed by atoms with Crippen molar-refractivity contribution in [1.29, 1.82) is 0 Å². The first kappa shape index (κ1) is 21.3. The maximum Gasteiger partial charge on any atom is 0.238 e. The third-order valence-electron chi connectivity index (χ3n) is 4.93. The van der Waals surface area contributed by atoms with Gasteiger partial charge in [-0.05, 0) is 29.6 Å². The number of carbonyl (C=O) groups excluding carboxylic acids is 2. The van der Waals surface area contributed by atoms with Gasteiger partial charge in [0.05, 0.1) is 32.1 Å². The van der Waals surface area contributed by atoms with Crippen molar-refractivity contribution in [1.82, 2.24) is 0 Å². The Balaban J connectivity index is 1.64. The molecule has 1 N–H and O–H groups in total. The van der Waals surface area contributed by atoms with Crippen molar-refractivity contribution in [3.63, 3.8) is 0 Å². The minimum atomic E-state index is -0.284. The molecule has 8 heteroatoms. The van der Waals surface area contributed by atoms with E-state index in [1.165, 1.54) is 11.8 Å². The number of ether oxygens (including phenoxy) is 2. The maximum atomic E-state index is 12.9. The monoisotopic (exact) mass is 454 g/mol. The van der Waals surface area contributed by atoms with Crippen LogP contribution in [-0.4, -0.2) is 31.8 Å². The zero-order valence-corrected chi connectivity index (χ0v) is 18.8. The number of nitrogens with zero attached hydrogens (tertiary/aromatic N) is 1. The number of amides is 2. The molecule has 2 aromatic carbocycles. The van der Waals surface area contributed by atoms with Gasteiger partial charge >= 0.3 is 0 Å². The minimum absolute atomic E-state index is 0.0156. The summed E-state index contributed by atoms with van der Waals surface area (Å²) in [7, 11) is 3.16. The molecule has 4 rings (SSSR count). The van der Waals surface area contributed by atoms with Crippen molar-refractivity contribution < 1.29 is 19.1 Å². The molecular weight excluding hydrogens is 432 g/mol. The molecule has 0 radical (unpaired) electrons. The predicted molar refractivity (Wildman–Crippen MR) is 125 cm³/mol. The summed E-state index contributed by atoms with van der Waals surface area (Å²) >= 11 is 3.08. The van der Waals surface area contributed by atoms with E-state index in [4.69, 9.17) is 9.47 Å². The van der Waals surface area contributed by atoms with E-state index in [-0.39, 0.29) is 17.2 Å². The summed E-state index contributed by atoms with van der Waals surface area (Å²) in [4.78, 5) is 28.2. The summed E-state index contributed by atoms with van der Waals surface area (Å²) in [5.74, 6) is 1.45. The number of hydrogen-bond donors (Lipinski definition) is 1. The van der Waals surface area contributed by atoms with Gasteiger partial charge in [-0.15, -0.1) is 23.1 Å². The standard InChI is InChI=1S/C23H22N2O4S2/c1-28-15-9-10-19(20(12-15)29-2)25-22(27)14-31-23(25)17-7-3-4-8-18(17)24-21(26)13-16-6-5-11-30-16/h3-12,23H,13-14H2,1-2H3,(H,24,26). The molecule has 1 saturated heterocycles. The lowest BCUT2D eigenvalue weighted by atomic mass is 10.1. The van der Waals surface area contributed by atoms with Crippen LogP contribution in [-0.2, 0) is 16.0 Å². The van der Waals surface area contributed by atoms with E-state index >= 15 is 0 Å². The molecule has 160 valence electrons. The van der Waals surface area contributed by atoms with Gasteiger partial charge in [0.15, 0.2) is 0 Å². The van der Waals surface area contributed by atoms with Gasteiger partial charge in [-0.3, -0.25) is 14.5 Å². The Hall–Kier alpha value is -2.97. The van der Waals surface area contributed by atoms with Gasteiger partial charge in [0.25, 0.3) is 0 Å². The zero-order chi connectivity index (χ0) is 21.8. The Kier molecular flexibility index (Phi) is 6.48. The molecule has 1 atom stereocenters. The predicted octanol–water partition coefficient (Wildman–Crippen LogP) is 4.73. The number of anilines is 2. The lowest BCUT2D eigenvalue weighted by Gasteiger charge is -2.27. The Morgan fingerprint density at radius 2 is 1.97 bits per heavy atom. The fourth-order valence-electron chi connectivity index (χ4n) is 3.49. The van der Waals surface area contributed by atoms with Crippen LogP contribution in [0.5, 0.6) is 11.5 Å². The summed E-state index contributed by atoms with van der Waals surface area (Å²) in [5.41, 5.74) is 2.24. The SMILES string of the molecule is COc1ccc(N2C(=O)CSC2c2ccccc2NC(=O)Cc2cccs2)c(OC)c1. The number of para-hydroxylation sites is 1. The molecule has 2 amide bonds. The summed E-state index contributed by atoms with van der Waals surface area (Å²) in [6.07, 6.45) is 0.318. The van der Waals surface area contributed by atoms with Crippen LogP contribution in [0.4, 0.5) is 11.4 Å². The smallest absolute Gasteiger partial charge is 0.238 e. The van der Waals surface area contributed by atoms with Crippen LogP contribution in [0.25, 0.3) is 0 Å². The molecular formula is C23H22N2O4S2. The molecule has 3 aromatic rings. The number of benzene rings is 2. The molecule has 1 aliphatic rings. The molecule has 1 fully saturated rings. The molecule has 1 aromatic heterocycles. The van der Waals surface area contributed by atoms with Gasteiger partial charge < -0.3 is 14.8 Å². The van der Waals surface area contributed by atoms with Crippen molar-refractivity contribution in [3.05, 3.63) is 70.4 Å². The lowest BCUT2D eigenvalue weighted by Crippen LogP contribution is -2.29. The van der Waals surface area contributed by atoms with Gasteiger partial charge in [0.1, 0.15) is 16.9 Å². The molecule has 0 aliphatic carbocycles. The Labute approximate surface area is 189 Å². The maximum absolute atomic E-state index is 12.9. The summed E-state index contributed by atoms with van der Waals surface area (Å²) in [6, 6.07) is 16.9. The minimum Gasteiger partial charge on any atom is -0.497 e. The van der Waals surface area contributed by atoms with E-state index < -0.39 is 0 Å². The van der Waals surface area contributed by atoms with Crippen molar-refractivity contribution >= 4 is 46.3 Å². The largest absolute Gasteiger partial charge is 0.497 e. The molecule has 6 nitrogen and oxygen atoms in total. The van der Waals surface area contributed by atoms with Crippen LogP contribution in [0.15, 0.2) is 60.0 Å². The van der Waals surface area contributed by atoms with Gasteiger partial charge in [0.2, 0.25) is 11.8 Å². The molecule has 0 spiro atoms. The highest BCUT2D eigenvalue weighted by atomic mass is 32.2. The van der Waals surface area contributed by atoms with Crippen LogP contribution >= 0.6 is 23.1 Å². The average molecular weight is 455 g/mol. The lowest BCUT2D eigenvalue weighted by molar-refractivity contribution is -0.116. The number of nitrogens with one attached hydrogen (secondary N) is 1. The molecule has 2 heterocycles. The number of rotatable bonds is 7. The van der Waals surface area contributed by atoms with Crippen LogP contribution < -0.4 is 19.7 Å². The van der Waals surface area contributed by atoms with Crippen LogP contribution in [0, 0.1) is 0 Å². The van der Waals surface area contributed by atoms with Crippen molar-refractivity contribution in [3.8, 4) is 11.5 Å². The van der Waals surface area contributed by atoms with Crippen molar-refractivity contribution in [2.45, 2.75) is 11.8 Å². The van der Waals surface area contributed by atoms with Gasteiger partial charge in [0, 0.05) is 22.2 Å². The Bertz CT molecular complexity index is 1080. The van der Waals surface area contributed by atoms with Crippen molar-refractivity contribution in [2.24, 2.45) is 0 Å². The molecule has 0 saturated carbocycles. The first-order valence-electron chi connectivity index (χ1n) is 9.67. The summed E-state index contributed by atoms with van der Waals surface area (Å²) in [6.45, 7) is 0. The van der Waals surface area contributed by atoms with E-state index in [9.17, 15) is 9.59 Å². The highest BCUT2D eigenvalue weighted by Gasteiger charge is 2.37. The number of methoxy groups -OCH3 is 2. The second-order valence-electron chi connectivity index (χ2n) is 6.86. The molecule has 31 heavy (non-hydrogen) atoms. The second kappa shape index (κ2) is 9.45. The zero-order valence-electron chi connectivity index (χ0n) is 17.2. The fourth-order valence-corrected chi connectivity index (χ4v) is 5.40. The third-order valence-corrected chi connectivity index (χ3v) is 7.00. The van der Waals surface area contributed by atoms with Crippen LogP contribution in [0.1, 0.15) is 15.8 Å². The highest BCUT2D eigenvalue weighted by Crippen LogP contribution is 2.47. The quantitative estimate of drug-likeness (QED) is 0.559. The van der Waals surface area contributed by atoms with E-state index in [2.05, 4.69) is 5.32 Å². The van der Waals surface area contributed by atoms with E-state index in [0.29, 0.717) is 35.0 Å². The number of hydrogen-bond acceptors (Lipinski definition) is 6. The van der Waals surface area contributed by atoms with Gasteiger partial charge in [-0.1, -0.05) is 24.3 Å². The number of thioether (sulfide) groups is 1.